The number of halogens is 1. The molecule has 56 valence electrons. The van der Waals surface area contributed by atoms with Crippen LogP contribution in [0.25, 0.3) is 5.65 Å². The van der Waals surface area contributed by atoms with Gasteiger partial charge >= 0.3 is 0 Å². The van der Waals surface area contributed by atoms with E-state index in [1.54, 1.807) is 0 Å². The minimum absolute atomic E-state index is 0.991. The Bertz CT molecular complexity index is 392. The Hall–Kier alpha value is -0.830. The number of hydrogen-bond acceptors (Lipinski definition) is 1. The maximum Gasteiger partial charge on any atom is 0.137 e. The predicted octanol–water partition coefficient (Wildman–Crippen LogP) is 2.41. The molecular weight excluding hydrogens is 204 g/mol. The van der Waals surface area contributed by atoms with Gasteiger partial charge in [-0.15, -0.1) is 0 Å². The Morgan fingerprint density at radius 1 is 1.36 bits per heavy atom. The first-order valence-electron chi connectivity index (χ1n) is 3.36. The molecule has 0 bridgehead atoms. The van der Waals surface area contributed by atoms with Crippen LogP contribution in [0.15, 0.2) is 29.0 Å². The Kier molecular flexibility index (Phi) is 1.46. The zero-order valence-electron chi connectivity index (χ0n) is 6.08. The van der Waals surface area contributed by atoms with Gasteiger partial charge in [0.05, 0.1) is 5.69 Å². The Morgan fingerprint density at radius 3 is 3.00 bits per heavy atom. The first kappa shape index (κ1) is 6.85. The van der Waals surface area contributed by atoms with Gasteiger partial charge in [-0.3, -0.25) is 0 Å². The monoisotopic (exact) mass is 210 g/mol. The number of aromatic nitrogens is 2. The highest BCUT2D eigenvalue weighted by Gasteiger charge is 1.95. The molecule has 0 aliphatic heterocycles. The van der Waals surface area contributed by atoms with Crippen molar-refractivity contribution in [1.29, 1.82) is 0 Å². The number of nitrogens with zero attached hydrogens (tertiary/aromatic N) is 2. The molecule has 3 heteroatoms. The van der Waals surface area contributed by atoms with E-state index in [0.717, 1.165) is 15.8 Å². The molecule has 0 unspecified atom stereocenters. The second-order valence-corrected chi connectivity index (χ2v) is 3.41. The molecule has 0 aliphatic rings. The average Bonchev–Trinajstić information content (AvgIpc) is 2.27. The lowest BCUT2D eigenvalue weighted by Gasteiger charge is -1.91. The Morgan fingerprint density at radius 2 is 2.18 bits per heavy atom. The molecule has 0 radical (unpaired) electrons. The van der Waals surface area contributed by atoms with Crippen LogP contribution in [0.2, 0.25) is 0 Å². The van der Waals surface area contributed by atoms with E-state index in [2.05, 4.69) is 20.9 Å². The summed E-state index contributed by atoms with van der Waals surface area (Å²) < 4.78 is 3.07. The normalized spacial score (nSPS) is 10.7. The summed E-state index contributed by atoms with van der Waals surface area (Å²) in [6.07, 6.45) is 4.00. The van der Waals surface area contributed by atoms with Crippen molar-refractivity contribution in [2.24, 2.45) is 0 Å². The molecule has 0 spiro atoms. The van der Waals surface area contributed by atoms with Gasteiger partial charge in [-0.1, -0.05) is 0 Å². The molecule has 0 N–H and O–H groups in total. The summed E-state index contributed by atoms with van der Waals surface area (Å²) in [7, 11) is 0. The zero-order valence-corrected chi connectivity index (χ0v) is 7.67. The van der Waals surface area contributed by atoms with Crippen LogP contribution in [0, 0.1) is 6.92 Å². The fourth-order valence-electron chi connectivity index (χ4n) is 1.09. The van der Waals surface area contributed by atoms with E-state index in [-0.39, 0.29) is 0 Å². The molecule has 0 saturated carbocycles. The van der Waals surface area contributed by atoms with E-state index in [4.69, 9.17) is 0 Å². The van der Waals surface area contributed by atoms with Crippen molar-refractivity contribution in [2.45, 2.75) is 6.92 Å². The van der Waals surface area contributed by atoms with Crippen molar-refractivity contribution >= 4 is 21.6 Å². The highest BCUT2D eigenvalue weighted by atomic mass is 79.9. The number of imidazole rings is 1. The van der Waals surface area contributed by atoms with Crippen molar-refractivity contribution in [3.8, 4) is 0 Å². The molecule has 0 aliphatic carbocycles. The van der Waals surface area contributed by atoms with Crippen molar-refractivity contribution in [3.63, 3.8) is 0 Å². The summed E-state index contributed by atoms with van der Waals surface area (Å²) >= 11 is 3.39. The topological polar surface area (TPSA) is 17.3 Å². The van der Waals surface area contributed by atoms with E-state index in [9.17, 15) is 0 Å². The molecule has 2 aromatic heterocycles. The highest BCUT2D eigenvalue weighted by Crippen LogP contribution is 2.11. The van der Waals surface area contributed by atoms with Crippen LogP contribution in [0.1, 0.15) is 5.69 Å². The predicted molar refractivity (Wildman–Crippen MR) is 47.6 cm³/mol. The molecule has 0 amide bonds. The van der Waals surface area contributed by atoms with Crippen LogP contribution in [0.4, 0.5) is 0 Å². The summed E-state index contributed by atoms with van der Waals surface area (Å²) in [5, 5.41) is 0. The van der Waals surface area contributed by atoms with Crippen LogP contribution in [0.3, 0.4) is 0 Å². The SMILES string of the molecule is Cc1cn2cc(Br)ccc2n1. The van der Waals surface area contributed by atoms with Crippen LogP contribution < -0.4 is 0 Å². The van der Waals surface area contributed by atoms with Gasteiger partial charge in [0.25, 0.3) is 0 Å². The molecular formula is C8H7BrN2. The van der Waals surface area contributed by atoms with Gasteiger partial charge in [0, 0.05) is 16.9 Å². The Balaban J connectivity index is 2.82. The molecule has 0 atom stereocenters. The second kappa shape index (κ2) is 2.34. The van der Waals surface area contributed by atoms with Gasteiger partial charge in [0.15, 0.2) is 0 Å². The van der Waals surface area contributed by atoms with Crippen LogP contribution in [0.5, 0.6) is 0 Å². The first-order chi connectivity index (χ1) is 5.25. The summed E-state index contributed by atoms with van der Waals surface area (Å²) in [6.45, 7) is 1.99. The highest BCUT2D eigenvalue weighted by molar-refractivity contribution is 9.10. The van der Waals surface area contributed by atoms with E-state index in [1.165, 1.54) is 0 Å². The fraction of sp³-hybridized carbons (Fsp3) is 0.125. The smallest absolute Gasteiger partial charge is 0.137 e. The molecule has 0 saturated heterocycles. The van der Waals surface area contributed by atoms with E-state index >= 15 is 0 Å². The van der Waals surface area contributed by atoms with Gasteiger partial charge in [0.2, 0.25) is 0 Å². The summed E-state index contributed by atoms with van der Waals surface area (Å²) in [4.78, 5) is 4.30. The number of hydrogen-bond donors (Lipinski definition) is 0. The minimum Gasteiger partial charge on any atom is -0.306 e. The Labute approximate surface area is 73.0 Å². The number of pyridine rings is 1. The van der Waals surface area contributed by atoms with Gasteiger partial charge in [0.1, 0.15) is 5.65 Å². The molecule has 2 heterocycles. The minimum atomic E-state index is 0.991. The lowest BCUT2D eigenvalue weighted by atomic mass is 10.5. The summed E-state index contributed by atoms with van der Waals surface area (Å²) in [6, 6.07) is 3.97. The van der Waals surface area contributed by atoms with Crippen LogP contribution in [-0.4, -0.2) is 9.38 Å². The first-order valence-corrected chi connectivity index (χ1v) is 4.16. The van der Waals surface area contributed by atoms with Crippen molar-refractivity contribution in [2.75, 3.05) is 0 Å². The third-order valence-corrected chi connectivity index (χ3v) is 2.00. The second-order valence-electron chi connectivity index (χ2n) is 2.50. The van der Waals surface area contributed by atoms with Crippen molar-refractivity contribution in [3.05, 3.63) is 34.7 Å². The summed E-state index contributed by atoms with van der Waals surface area (Å²) in [5.41, 5.74) is 2.04. The van der Waals surface area contributed by atoms with E-state index in [0.29, 0.717) is 0 Å². The number of fused-ring (bicyclic) bond motifs is 1. The number of aryl methyl sites for hydroxylation is 1. The molecule has 2 aromatic rings. The van der Waals surface area contributed by atoms with E-state index in [1.807, 2.05) is 35.9 Å². The quantitative estimate of drug-likeness (QED) is 0.653. The third kappa shape index (κ3) is 1.16. The fourth-order valence-corrected chi connectivity index (χ4v) is 1.44. The lowest BCUT2D eigenvalue weighted by molar-refractivity contribution is 1.17. The van der Waals surface area contributed by atoms with Gasteiger partial charge in [-0.2, -0.15) is 0 Å². The molecule has 2 nitrogen and oxygen atoms in total. The third-order valence-electron chi connectivity index (χ3n) is 1.54. The molecule has 2 rings (SSSR count). The molecule has 0 aromatic carbocycles. The summed E-state index contributed by atoms with van der Waals surface area (Å²) in [5.74, 6) is 0. The maximum atomic E-state index is 4.30. The number of rotatable bonds is 0. The van der Waals surface area contributed by atoms with Crippen LogP contribution >= 0.6 is 15.9 Å². The van der Waals surface area contributed by atoms with E-state index < -0.39 is 0 Å². The van der Waals surface area contributed by atoms with Gasteiger partial charge < -0.3 is 4.40 Å². The average molecular weight is 211 g/mol. The zero-order chi connectivity index (χ0) is 7.84. The van der Waals surface area contributed by atoms with Gasteiger partial charge in [-0.25, -0.2) is 4.98 Å². The lowest BCUT2D eigenvalue weighted by Crippen LogP contribution is -1.80. The standard InChI is InChI=1S/C8H7BrN2/c1-6-4-11-5-7(9)2-3-8(11)10-6/h2-5H,1H3. The molecule has 0 fully saturated rings. The van der Waals surface area contributed by atoms with Crippen molar-refractivity contribution < 1.29 is 0 Å². The largest absolute Gasteiger partial charge is 0.306 e. The van der Waals surface area contributed by atoms with Crippen LogP contribution in [-0.2, 0) is 0 Å². The van der Waals surface area contributed by atoms with Crippen molar-refractivity contribution in [1.82, 2.24) is 9.38 Å². The maximum absolute atomic E-state index is 4.30. The van der Waals surface area contributed by atoms with Gasteiger partial charge in [-0.05, 0) is 35.0 Å². The molecule has 11 heavy (non-hydrogen) atoms.